The molecule has 1 atom stereocenters. The fourth-order valence-electron chi connectivity index (χ4n) is 3.54. The van der Waals surface area contributed by atoms with Gasteiger partial charge in [0.1, 0.15) is 0 Å². The lowest BCUT2D eigenvalue weighted by atomic mass is 9.84. The highest BCUT2D eigenvalue weighted by molar-refractivity contribution is 5.93. The summed E-state index contributed by atoms with van der Waals surface area (Å²) in [6.45, 7) is 3.29. The van der Waals surface area contributed by atoms with E-state index in [1.807, 2.05) is 18.2 Å². The summed E-state index contributed by atoms with van der Waals surface area (Å²) in [6.07, 6.45) is 3.83. The first-order valence-corrected chi connectivity index (χ1v) is 8.82. The lowest BCUT2D eigenvalue weighted by Crippen LogP contribution is -2.13. The Balaban J connectivity index is 2.05. The molecule has 1 unspecified atom stereocenters. The van der Waals surface area contributed by atoms with Gasteiger partial charge in [-0.25, -0.2) is 4.79 Å². The van der Waals surface area contributed by atoms with Crippen molar-refractivity contribution in [3.05, 3.63) is 75.9 Å². The molecule has 0 radical (unpaired) electrons. The molecule has 5 heteroatoms. The van der Waals surface area contributed by atoms with Crippen molar-refractivity contribution >= 4 is 11.5 Å². The summed E-state index contributed by atoms with van der Waals surface area (Å²) in [6, 6.07) is 5.38. The smallest absolute Gasteiger partial charge is 0.416 e. The van der Waals surface area contributed by atoms with Gasteiger partial charge in [0.15, 0.2) is 0 Å². The van der Waals surface area contributed by atoms with Crippen LogP contribution in [-0.4, -0.2) is 19.3 Å². The summed E-state index contributed by atoms with van der Waals surface area (Å²) in [5, 5.41) is 0. The van der Waals surface area contributed by atoms with Crippen molar-refractivity contribution in [2.45, 2.75) is 32.9 Å². The van der Waals surface area contributed by atoms with Crippen LogP contribution in [0.4, 0.5) is 13.2 Å². The van der Waals surface area contributed by atoms with Crippen LogP contribution in [-0.2, 0) is 11.2 Å². The van der Waals surface area contributed by atoms with Gasteiger partial charge in [0.25, 0.3) is 0 Å². The SMILES string of the molecule is COC(=O)c1ccc2c(c1)C(C1=CC(C)C(C)=C(C(F)(F)F)C=C1)=CCC2. The lowest BCUT2D eigenvalue weighted by Gasteiger charge is -2.20. The van der Waals surface area contributed by atoms with Crippen LogP contribution in [0.1, 0.15) is 41.8 Å². The molecule has 2 aliphatic rings. The van der Waals surface area contributed by atoms with Gasteiger partial charge in [-0.05, 0) is 66.2 Å². The maximum Gasteiger partial charge on any atom is 0.416 e. The molecule has 2 nitrogen and oxygen atoms in total. The maximum absolute atomic E-state index is 13.3. The van der Waals surface area contributed by atoms with E-state index in [4.69, 9.17) is 4.74 Å². The number of rotatable bonds is 2. The first-order chi connectivity index (χ1) is 12.7. The zero-order valence-corrected chi connectivity index (χ0v) is 15.5. The van der Waals surface area contributed by atoms with Gasteiger partial charge in [0.2, 0.25) is 0 Å². The monoisotopic (exact) mass is 374 g/mol. The van der Waals surface area contributed by atoms with Crippen molar-refractivity contribution in [1.29, 1.82) is 0 Å². The van der Waals surface area contributed by atoms with E-state index in [9.17, 15) is 18.0 Å². The number of ether oxygens (including phenoxy) is 1. The quantitative estimate of drug-likeness (QED) is 0.610. The number of hydrogen-bond donors (Lipinski definition) is 0. The molecule has 0 heterocycles. The van der Waals surface area contributed by atoms with Crippen LogP contribution >= 0.6 is 0 Å². The topological polar surface area (TPSA) is 26.3 Å². The highest BCUT2D eigenvalue weighted by Gasteiger charge is 2.35. The minimum absolute atomic E-state index is 0.300. The number of hydrogen-bond acceptors (Lipinski definition) is 2. The summed E-state index contributed by atoms with van der Waals surface area (Å²) >= 11 is 0. The number of allylic oxidation sites excluding steroid dienone is 8. The second-order valence-corrected chi connectivity index (χ2v) is 6.86. The minimum atomic E-state index is -4.38. The van der Waals surface area contributed by atoms with Gasteiger partial charge < -0.3 is 4.74 Å². The predicted molar refractivity (Wildman–Crippen MR) is 99.2 cm³/mol. The van der Waals surface area contributed by atoms with Gasteiger partial charge in [-0.15, -0.1) is 0 Å². The molecule has 0 saturated carbocycles. The fourth-order valence-corrected chi connectivity index (χ4v) is 3.54. The third-order valence-corrected chi connectivity index (χ3v) is 5.17. The molecule has 1 aromatic rings. The van der Waals surface area contributed by atoms with Crippen LogP contribution in [0.15, 0.2) is 59.2 Å². The second-order valence-electron chi connectivity index (χ2n) is 6.86. The van der Waals surface area contributed by atoms with Crippen LogP contribution < -0.4 is 0 Å². The first kappa shape index (κ1) is 19.2. The van der Waals surface area contributed by atoms with Crippen LogP contribution in [0.3, 0.4) is 0 Å². The van der Waals surface area contributed by atoms with Gasteiger partial charge in [-0.2, -0.15) is 13.2 Å². The van der Waals surface area contributed by atoms with E-state index < -0.39 is 17.7 Å². The Morgan fingerprint density at radius 1 is 1.22 bits per heavy atom. The van der Waals surface area contributed by atoms with E-state index in [1.54, 1.807) is 19.1 Å². The molecule has 0 N–H and O–H groups in total. The van der Waals surface area contributed by atoms with E-state index >= 15 is 0 Å². The Morgan fingerprint density at radius 2 is 1.96 bits per heavy atom. The summed E-state index contributed by atoms with van der Waals surface area (Å²) in [4.78, 5) is 11.9. The van der Waals surface area contributed by atoms with Gasteiger partial charge in [0, 0.05) is 0 Å². The molecule has 27 heavy (non-hydrogen) atoms. The number of esters is 1. The first-order valence-electron chi connectivity index (χ1n) is 8.82. The van der Waals surface area contributed by atoms with Crippen LogP contribution in [0.25, 0.3) is 5.57 Å². The van der Waals surface area contributed by atoms with Gasteiger partial charge in [0.05, 0.1) is 18.2 Å². The van der Waals surface area contributed by atoms with E-state index in [0.717, 1.165) is 41.2 Å². The van der Waals surface area contributed by atoms with Gasteiger partial charge in [-0.3, -0.25) is 0 Å². The molecule has 0 fully saturated rings. The summed E-state index contributed by atoms with van der Waals surface area (Å²) in [7, 11) is 1.32. The van der Waals surface area contributed by atoms with E-state index in [-0.39, 0.29) is 5.92 Å². The molecular weight excluding hydrogens is 353 g/mol. The predicted octanol–water partition coefficient (Wildman–Crippen LogP) is 5.81. The molecule has 0 spiro atoms. The zero-order valence-electron chi connectivity index (χ0n) is 15.5. The number of aryl methyl sites for hydroxylation is 1. The molecule has 142 valence electrons. The normalized spacial score (nSPS) is 19.9. The Labute approximate surface area is 156 Å². The summed E-state index contributed by atoms with van der Waals surface area (Å²) < 4.78 is 44.8. The van der Waals surface area contributed by atoms with Crippen molar-refractivity contribution < 1.29 is 22.7 Å². The second kappa shape index (κ2) is 7.22. The van der Waals surface area contributed by atoms with E-state index in [1.165, 1.54) is 20.1 Å². The average molecular weight is 374 g/mol. The largest absolute Gasteiger partial charge is 0.465 e. The highest BCUT2D eigenvalue weighted by Crippen LogP contribution is 2.39. The lowest BCUT2D eigenvalue weighted by molar-refractivity contribution is -0.0892. The van der Waals surface area contributed by atoms with Crippen molar-refractivity contribution in [2.75, 3.05) is 7.11 Å². The third-order valence-electron chi connectivity index (χ3n) is 5.17. The summed E-state index contributed by atoms with van der Waals surface area (Å²) in [5.74, 6) is -0.778. The van der Waals surface area contributed by atoms with Gasteiger partial charge >= 0.3 is 12.1 Å². The van der Waals surface area contributed by atoms with Crippen molar-refractivity contribution in [3.8, 4) is 0 Å². The van der Waals surface area contributed by atoms with Gasteiger partial charge in [-0.1, -0.05) is 36.8 Å². The van der Waals surface area contributed by atoms with Crippen LogP contribution in [0, 0.1) is 5.92 Å². The number of fused-ring (bicyclic) bond motifs is 1. The summed E-state index contributed by atoms with van der Waals surface area (Å²) in [5.41, 5.74) is 3.69. The van der Waals surface area contributed by atoms with Crippen molar-refractivity contribution in [2.24, 2.45) is 5.92 Å². The molecule has 0 aliphatic heterocycles. The number of halogens is 3. The van der Waals surface area contributed by atoms with Crippen LogP contribution in [0.2, 0.25) is 0 Å². The zero-order chi connectivity index (χ0) is 19.8. The Kier molecular flexibility index (Phi) is 5.13. The fraction of sp³-hybridized carbons (Fsp3) is 0.318. The average Bonchev–Trinajstić information content (AvgIpc) is 2.78. The Morgan fingerprint density at radius 3 is 2.63 bits per heavy atom. The molecule has 1 aromatic carbocycles. The van der Waals surface area contributed by atoms with E-state index in [0.29, 0.717) is 11.1 Å². The molecule has 0 aromatic heterocycles. The van der Waals surface area contributed by atoms with E-state index in [2.05, 4.69) is 0 Å². The van der Waals surface area contributed by atoms with Crippen molar-refractivity contribution in [3.63, 3.8) is 0 Å². The standard InChI is InChI=1S/C22H21F3O2/c1-13-11-16(9-10-20(14(13)2)22(23,24)25)18-6-4-5-15-7-8-17(12-19(15)18)21(26)27-3/h6-13H,4-5H2,1-3H3. The molecule has 0 saturated heterocycles. The minimum Gasteiger partial charge on any atom is -0.465 e. The number of alkyl halides is 3. The molecule has 0 amide bonds. The molecule has 3 rings (SSSR count). The molecule has 2 aliphatic carbocycles. The van der Waals surface area contributed by atoms with Crippen LogP contribution in [0.5, 0.6) is 0 Å². The number of methoxy groups -OCH3 is 1. The Bertz CT molecular complexity index is 899. The highest BCUT2D eigenvalue weighted by atomic mass is 19.4. The molecular formula is C22H21F3O2. The number of carbonyl (C=O) groups excluding carboxylic acids is 1. The molecule has 0 bridgehead atoms. The Hall–Kier alpha value is -2.56. The number of carbonyl (C=O) groups is 1. The van der Waals surface area contributed by atoms with Crippen molar-refractivity contribution in [1.82, 2.24) is 0 Å². The third kappa shape index (κ3) is 3.77. The maximum atomic E-state index is 13.3. The number of benzene rings is 1.